The molecule has 0 bridgehead atoms. The minimum atomic E-state index is 0.169. The number of benzene rings is 1. The first-order valence-corrected chi connectivity index (χ1v) is 6.80. The van der Waals surface area contributed by atoms with Crippen molar-refractivity contribution >= 4 is 0 Å². The minimum absolute atomic E-state index is 0.169. The first kappa shape index (κ1) is 15.2. The third kappa shape index (κ3) is 4.11. The molecule has 0 aromatic heterocycles. The van der Waals surface area contributed by atoms with Gasteiger partial charge in [0, 0.05) is 18.1 Å². The number of nitrogens with one attached hydrogen (secondary N) is 1. The Labute approximate surface area is 112 Å². The average molecular weight is 248 g/mol. The molecule has 1 aromatic carbocycles. The lowest BCUT2D eigenvalue weighted by Gasteiger charge is -2.35. The van der Waals surface area contributed by atoms with Gasteiger partial charge in [0.25, 0.3) is 0 Å². The number of hydrogen-bond donors (Lipinski definition) is 1. The van der Waals surface area contributed by atoms with E-state index in [-0.39, 0.29) is 5.54 Å². The normalized spacial score (nSPS) is 14.2. The lowest BCUT2D eigenvalue weighted by atomic mass is 9.94. The molecule has 0 fully saturated rings. The van der Waals surface area contributed by atoms with Crippen molar-refractivity contribution in [1.82, 2.24) is 10.2 Å². The molecule has 0 radical (unpaired) electrons. The van der Waals surface area contributed by atoms with Crippen molar-refractivity contribution in [3.63, 3.8) is 0 Å². The van der Waals surface area contributed by atoms with Crippen LogP contribution in [-0.4, -0.2) is 31.1 Å². The molecule has 0 aliphatic rings. The summed E-state index contributed by atoms with van der Waals surface area (Å²) in [5.41, 5.74) is 1.55. The molecule has 0 aliphatic heterocycles. The van der Waals surface area contributed by atoms with Crippen molar-refractivity contribution in [2.75, 3.05) is 20.6 Å². The van der Waals surface area contributed by atoms with E-state index in [0.29, 0.717) is 12.0 Å². The van der Waals surface area contributed by atoms with Crippen LogP contribution in [0.3, 0.4) is 0 Å². The Kier molecular flexibility index (Phi) is 5.36. The van der Waals surface area contributed by atoms with Crippen molar-refractivity contribution < 1.29 is 0 Å². The van der Waals surface area contributed by atoms with Gasteiger partial charge in [0.15, 0.2) is 0 Å². The summed E-state index contributed by atoms with van der Waals surface area (Å²) in [7, 11) is 4.27. The fraction of sp³-hybridized carbons (Fsp3) is 0.625. The summed E-state index contributed by atoms with van der Waals surface area (Å²) >= 11 is 0. The second-order valence-electron chi connectivity index (χ2n) is 6.22. The van der Waals surface area contributed by atoms with Gasteiger partial charge in [-0.25, -0.2) is 0 Å². The third-order valence-corrected chi connectivity index (χ3v) is 3.79. The van der Waals surface area contributed by atoms with Gasteiger partial charge < -0.3 is 10.2 Å². The maximum absolute atomic E-state index is 3.72. The summed E-state index contributed by atoms with van der Waals surface area (Å²) in [6.07, 6.45) is 0. The minimum Gasteiger partial charge on any atom is -0.308 e. The highest BCUT2D eigenvalue weighted by molar-refractivity contribution is 5.19. The number of likely N-dealkylation sites (N-methyl/N-ethyl adjacent to an activating group) is 1. The van der Waals surface area contributed by atoms with Crippen LogP contribution in [0.1, 0.15) is 39.3 Å². The van der Waals surface area contributed by atoms with Crippen molar-refractivity contribution in [2.24, 2.45) is 5.92 Å². The number of hydrogen-bond acceptors (Lipinski definition) is 2. The molecule has 1 N–H and O–H groups in total. The molecule has 0 heterocycles. The first-order chi connectivity index (χ1) is 8.34. The molecule has 0 saturated heterocycles. The van der Waals surface area contributed by atoms with Crippen LogP contribution in [-0.2, 0) is 0 Å². The summed E-state index contributed by atoms with van der Waals surface area (Å²) in [4.78, 5) is 2.27. The number of nitrogens with zero attached hydrogens (tertiary/aromatic N) is 1. The highest BCUT2D eigenvalue weighted by atomic mass is 15.2. The Balaban J connectivity index is 2.72. The Hall–Kier alpha value is -0.860. The standard InChI is InChI=1S/C16H28N2/c1-13(2)15(14-10-8-7-9-11-14)17-12-16(3,4)18(5)6/h7-11,13,15,17H,12H2,1-6H3. The molecule has 2 nitrogen and oxygen atoms in total. The van der Waals surface area contributed by atoms with E-state index < -0.39 is 0 Å². The first-order valence-electron chi connectivity index (χ1n) is 6.80. The van der Waals surface area contributed by atoms with Crippen LogP contribution < -0.4 is 5.32 Å². The molecule has 0 saturated carbocycles. The summed E-state index contributed by atoms with van der Waals surface area (Å²) in [6.45, 7) is 10.1. The zero-order valence-corrected chi connectivity index (χ0v) is 12.7. The molecular weight excluding hydrogens is 220 g/mol. The zero-order valence-electron chi connectivity index (χ0n) is 12.7. The SMILES string of the molecule is CC(C)C(NCC(C)(C)N(C)C)c1ccccc1. The highest BCUT2D eigenvalue weighted by Crippen LogP contribution is 2.22. The molecule has 102 valence electrons. The summed E-state index contributed by atoms with van der Waals surface area (Å²) < 4.78 is 0. The highest BCUT2D eigenvalue weighted by Gasteiger charge is 2.23. The van der Waals surface area contributed by atoms with Crippen molar-refractivity contribution in [2.45, 2.75) is 39.3 Å². The quantitative estimate of drug-likeness (QED) is 0.831. The van der Waals surface area contributed by atoms with E-state index in [0.717, 1.165) is 6.54 Å². The van der Waals surface area contributed by atoms with Gasteiger partial charge >= 0.3 is 0 Å². The van der Waals surface area contributed by atoms with Gasteiger partial charge in [-0.05, 0) is 39.4 Å². The average Bonchev–Trinajstić information content (AvgIpc) is 2.29. The van der Waals surface area contributed by atoms with Gasteiger partial charge in [-0.2, -0.15) is 0 Å². The van der Waals surface area contributed by atoms with Crippen LogP contribution in [0.15, 0.2) is 30.3 Å². The Morgan fingerprint density at radius 1 is 1.11 bits per heavy atom. The largest absolute Gasteiger partial charge is 0.308 e. The molecule has 18 heavy (non-hydrogen) atoms. The third-order valence-electron chi connectivity index (χ3n) is 3.79. The van der Waals surface area contributed by atoms with Gasteiger partial charge in [0.2, 0.25) is 0 Å². The van der Waals surface area contributed by atoms with Gasteiger partial charge in [-0.3, -0.25) is 0 Å². The van der Waals surface area contributed by atoms with E-state index in [1.807, 2.05) is 0 Å². The van der Waals surface area contributed by atoms with E-state index >= 15 is 0 Å². The molecule has 1 atom stereocenters. The molecule has 1 rings (SSSR count). The predicted octanol–water partition coefficient (Wildman–Crippen LogP) is 3.31. The van der Waals surface area contributed by atoms with Crippen LogP contribution in [0.4, 0.5) is 0 Å². The van der Waals surface area contributed by atoms with Crippen molar-refractivity contribution in [1.29, 1.82) is 0 Å². The van der Waals surface area contributed by atoms with Crippen LogP contribution >= 0.6 is 0 Å². The van der Waals surface area contributed by atoms with Gasteiger partial charge in [0.1, 0.15) is 0 Å². The van der Waals surface area contributed by atoms with Crippen LogP contribution in [0.2, 0.25) is 0 Å². The fourth-order valence-electron chi connectivity index (χ4n) is 1.92. The topological polar surface area (TPSA) is 15.3 Å². The summed E-state index contributed by atoms with van der Waals surface area (Å²) in [6, 6.07) is 11.1. The monoisotopic (exact) mass is 248 g/mol. The molecule has 2 heteroatoms. The van der Waals surface area contributed by atoms with E-state index in [4.69, 9.17) is 0 Å². The Morgan fingerprint density at radius 3 is 2.11 bits per heavy atom. The van der Waals surface area contributed by atoms with E-state index in [1.165, 1.54) is 5.56 Å². The summed E-state index contributed by atoms with van der Waals surface area (Å²) in [5, 5.41) is 3.72. The molecule has 0 aliphatic carbocycles. The molecule has 0 amide bonds. The Bertz CT molecular complexity index is 341. The van der Waals surface area contributed by atoms with Crippen LogP contribution in [0.5, 0.6) is 0 Å². The maximum atomic E-state index is 3.72. The number of rotatable bonds is 6. The van der Waals surface area contributed by atoms with Crippen LogP contribution in [0.25, 0.3) is 0 Å². The molecule has 1 unspecified atom stereocenters. The lowest BCUT2D eigenvalue weighted by Crippen LogP contribution is -2.48. The van der Waals surface area contributed by atoms with E-state index in [1.54, 1.807) is 0 Å². The zero-order chi connectivity index (χ0) is 13.8. The van der Waals surface area contributed by atoms with Gasteiger partial charge in [-0.1, -0.05) is 44.2 Å². The van der Waals surface area contributed by atoms with Gasteiger partial charge in [-0.15, -0.1) is 0 Å². The fourth-order valence-corrected chi connectivity index (χ4v) is 1.92. The van der Waals surface area contributed by atoms with E-state index in [2.05, 4.69) is 82.3 Å². The lowest BCUT2D eigenvalue weighted by molar-refractivity contribution is 0.179. The smallest absolute Gasteiger partial charge is 0.0344 e. The van der Waals surface area contributed by atoms with Crippen molar-refractivity contribution in [3.05, 3.63) is 35.9 Å². The van der Waals surface area contributed by atoms with Crippen LogP contribution in [0, 0.1) is 5.92 Å². The predicted molar refractivity (Wildman–Crippen MR) is 79.8 cm³/mol. The van der Waals surface area contributed by atoms with Gasteiger partial charge in [0.05, 0.1) is 0 Å². The molecular formula is C16H28N2. The second-order valence-corrected chi connectivity index (χ2v) is 6.22. The molecule has 1 aromatic rings. The summed E-state index contributed by atoms with van der Waals surface area (Å²) in [5.74, 6) is 0.588. The van der Waals surface area contributed by atoms with Crippen molar-refractivity contribution in [3.8, 4) is 0 Å². The Morgan fingerprint density at radius 2 is 1.67 bits per heavy atom. The van der Waals surface area contributed by atoms with E-state index in [9.17, 15) is 0 Å². The maximum Gasteiger partial charge on any atom is 0.0344 e. The second kappa shape index (κ2) is 6.35. The molecule has 0 spiro atoms.